The second kappa shape index (κ2) is 5.66. The van der Waals surface area contributed by atoms with E-state index in [2.05, 4.69) is 0 Å². The third kappa shape index (κ3) is 2.92. The lowest BCUT2D eigenvalue weighted by Crippen LogP contribution is -2.48. The van der Waals surface area contributed by atoms with Gasteiger partial charge in [0.2, 0.25) is 0 Å². The lowest BCUT2D eigenvalue weighted by molar-refractivity contribution is -0.245. The van der Waals surface area contributed by atoms with Gasteiger partial charge in [-0.25, -0.2) is 0 Å². The number of aliphatic hydroxyl groups excluding tert-OH is 1. The molecule has 0 aromatic carbocycles. The molecule has 0 radical (unpaired) electrons. The van der Waals surface area contributed by atoms with E-state index in [1.165, 1.54) is 0 Å². The molecule has 0 saturated carbocycles. The molecule has 0 bridgehead atoms. The molecule has 1 N–H and O–H groups in total. The van der Waals surface area contributed by atoms with Crippen molar-refractivity contribution in [2.75, 3.05) is 13.7 Å². The summed E-state index contributed by atoms with van der Waals surface area (Å²) in [5.41, 5.74) is 0. The van der Waals surface area contributed by atoms with Gasteiger partial charge in [0.15, 0.2) is 6.29 Å². The fraction of sp³-hybridized carbons (Fsp3) is 1.00. The molecule has 0 aliphatic carbocycles. The van der Waals surface area contributed by atoms with Gasteiger partial charge in [-0.2, -0.15) is 0 Å². The van der Waals surface area contributed by atoms with Gasteiger partial charge in [0.1, 0.15) is 6.10 Å². The molecule has 4 heteroatoms. The Balaban J connectivity index is 2.45. The Morgan fingerprint density at radius 3 is 2.79 bits per heavy atom. The first-order chi connectivity index (χ1) is 6.69. The molecule has 1 fully saturated rings. The molecule has 4 nitrogen and oxygen atoms in total. The van der Waals surface area contributed by atoms with E-state index in [0.29, 0.717) is 13.0 Å². The van der Waals surface area contributed by atoms with Gasteiger partial charge < -0.3 is 19.3 Å². The molecule has 84 valence electrons. The topological polar surface area (TPSA) is 47.9 Å². The minimum absolute atomic E-state index is 0.163. The molecule has 14 heavy (non-hydrogen) atoms. The summed E-state index contributed by atoms with van der Waals surface area (Å²) in [6.07, 6.45) is 0.361. The molecule has 0 amide bonds. The monoisotopic (exact) mass is 204 g/mol. The maximum absolute atomic E-state index is 9.77. The zero-order chi connectivity index (χ0) is 10.6. The molecule has 0 aromatic rings. The molecule has 4 atom stereocenters. The van der Waals surface area contributed by atoms with Crippen molar-refractivity contribution in [1.29, 1.82) is 0 Å². The van der Waals surface area contributed by atoms with Gasteiger partial charge in [-0.15, -0.1) is 0 Å². The van der Waals surface area contributed by atoms with Crippen LogP contribution in [0, 0.1) is 0 Å². The minimum atomic E-state index is -0.548. The van der Waals surface area contributed by atoms with Crippen LogP contribution in [-0.2, 0) is 14.2 Å². The van der Waals surface area contributed by atoms with Crippen molar-refractivity contribution in [2.45, 2.75) is 51.3 Å². The van der Waals surface area contributed by atoms with Crippen LogP contribution in [0.25, 0.3) is 0 Å². The Labute approximate surface area is 85.2 Å². The summed E-state index contributed by atoms with van der Waals surface area (Å²) < 4.78 is 16.0. The molecule has 1 aliphatic rings. The van der Waals surface area contributed by atoms with Crippen molar-refractivity contribution in [2.24, 2.45) is 0 Å². The van der Waals surface area contributed by atoms with Crippen molar-refractivity contribution in [3.8, 4) is 0 Å². The molecule has 0 spiro atoms. The highest BCUT2D eigenvalue weighted by Gasteiger charge is 2.35. The van der Waals surface area contributed by atoms with Crippen molar-refractivity contribution in [1.82, 2.24) is 0 Å². The molecule has 1 saturated heterocycles. The SMILES string of the molecule is CCCO[C@H]1C[C@H](OC)O[C@@H](C)[C@@H]1O. The van der Waals surface area contributed by atoms with Gasteiger partial charge in [0, 0.05) is 20.1 Å². The quantitative estimate of drug-likeness (QED) is 0.740. The van der Waals surface area contributed by atoms with Crippen LogP contribution in [0.5, 0.6) is 0 Å². The highest BCUT2D eigenvalue weighted by molar-refractivity contribution is 4.81. The zero-order valence-corrected chi connectivity index (χ0v) is 9.10. The Morgan fingerprint density at radius 2 is 2.21 bits per heavy atom. The van der Waals surface area contributed by atoms with Crippen LogP contribution in [0.3, 0.4) is 0 Å². The molecular formula is C10H20O4. The number of methoxy groups -OCH3 is 1. The second-order valence-electron chi connectivity index (χ2n) is 3.64. The Hall–Kier alpha value is -0.160. The largest absolute Gasteiger partial charge is 0.388 e. The zero-order valence-electron chi connectivity index (χ0n) is 9.10. The van der Waals surface area contributed by atoms with Crippen molar-refractivity contribution in [3.63, 3.8) is 0 Å². The van der Waals surface area contributed by atoms with E-state index < -0.39 is 6.10 Å². The summed E-state index contributed by atoms with van der Waals surface area (Å²) in [5.74, 6) is 0. The first-order valence-electron chi connectivity index (χ1n) is 5.17. The maximum Gasteiger partial charge on any atom is 0.160 e. The highest BCUT2D eigenvalue weighted by Crippen LogP contribution is 2.22. The molecule has 1 aliphatic heterocycles. The van der Waals surface area contributed by atoms with E-state index in [4.69, 9.17) is 14.2 Å². The first kappa shape index (κ1) is 11.9. The van der Waals surface area contributed by atoms with Crippen LogP contribution in [0.15, 0.2) is 0 Å². The summed E-state index contributed by atoms with van der Waals surface area (Å²) in [6, 6.07) is 0. The van der Waals surface area contributed by atoms with E-state index in [-0.39, 0.29) is 18.5 Å². The minimum Gasteiger partial charge on any atom is -0.388 e. The van der Waals surface area contributed by atoms with Crippen LogP contribution < -0.4 is 0 Å². The van der Waals surface area contributed by atoms with Crippen molar-refractivity contribution in [3.05, 3.63) is 0 Å². The fourth-order valence-electron chi connectivity index (χ4n) is 1.59. The molecule has 0 aromatic heterocycles. The van der Waals surface area contributed by atoms with Crippen LogP contribution in [-0.4, -0.2) is 43.4 Å². The number of rotatable bonds is 4. The third-order valence-corrected chi connectivity index (χ3v) is 2.45. The van der Waals surface area contributed by atoms with Crippen molar-refractivity contribution >= 4 is 0 Å². The lowest BCUT2D eigenvalue weighted by atomic mass is 10.0. The summed E-state index contributed by atoms with van der Waals surface area (Å²) in [4.78, 5) is 0. The van der Waals surface area contributed by atoms with Crippen LogP contribution in [0.2, 0.25) is 0 Å². The summed E-state index contributed by atoms with van der Waals surface area (Å²) >= 11 is 0. The number of aliphatic hydroxyl groups is 1. The predicted molar refractivity (Wildman–Crippen MR) is 52.0 cm³/mol. The van der Waals surface area contributed by atoms with Crippen LogP contribution in [0.4, 0.5) is 0 Å². The van der Waals surface area contributed by atoms with Gasteiger partial charge in [-0.05, 0) is 13.3 Å². The first-order valence-corrected chi connectivity index (χ1v) is 5.17. The number of hydrogen-bond acceptors (Lipinski definition) is 4. The van der Waals surface area contributed by atoms with E-state index >= 15 is 0 Å². The highest BCUT2D eigenvalue weighted by atomic mass is 16.7. The van der Waals surface area contributed by atoms with E-state index in [1.54, 1.807) is 7.11 Å². The maximum atomic E-state index is 9.77. The standard InChI is InChI=1S/C10H20O4/c1-4-5-13-8-6-9(12-3)14-7(2)10(8)11/h7-11H,4-6H2,1-3H3/t7-,8-,9+,10-/m0/s1. The van der Waals surface area contributed by atoms with E-state index in [1.807, 2.05) is 13.8 Å². The van der Waals surface area contributed by atoms with E-state index in [9.17, 15) is 5.11 Å². The number of ether oxygens (including phenoxy) is 3. The molecular weight excluding hydrogens is 184 g/mol. The van der Waals surface area contributed by atoms with Crippen molar-refractivity contribution < 1.29 is 19.3 Å². The normalized spacial score (nSPS) is 38.6. The van der Waals surface area contributed by atoms with Gasteiger partial charge >= 0.3 is 0 Å². The number of hydrogen-bond donors (Lipinski definition) is 1. The Bertz CT molecular complexity index is 162. The molecule has 1 heterocycles. The lowest BCUT2D eigenvalue weighted by Gasteiger charge is -2.36. The Morgan fingerprint density at radius 1 is 1.50 bits per heavy atom. The van der Waals surface area contributed by atoms with E-state index in [0.717, 1.165) is 6.42 Å². The molecule has 1 rings (SSSR count). The second-order valence-corrected chi connectivity index (χ2v) is 3.64. The molecule has 0 unspecified atom stereocenters. The average molecular weight is 204 g/mol. The summed E-state index contributed by atoms with van der Waals surface area (Å²) in [6.45, 7) is 4.55. The fourth-order valence-corrected chi connectivity index (χ4v) is 1.59. The predicted octanol–water partition coefficient (Wildman–Crippen LogP) is 0.924. The van der Waals surface area contributed by atoms with Crippen LogP contribution in [0.1, 0.15) is 26.7 Å². The van der Waals surface area contributed by atoms with Crippen LogP contribution >= 0.6 is 0 Å². The average Bonchev–Trinajstić information content (AvgIpc) is 2.20. The third-order valence-electron chi connectivity index (χ3n) is 2.45. The van der Waals surface area contributed by atoms with Gasteiger partial charge in [-0.3, -0.25) is 0 Å². The van der Waals surface area contributed by atoms with Gasteiger partial charge in [0.05, 0.1) is 12.2 Å². The smallest absolute Gasteiger partial charge is 0.160 e. The summed E-state index contributed by atoms with van der Waals surface area (Å²) in [5, 5.41) is 9.77. The van der Waals surface area contributed by atoms with Gasteiger partial charge in [-0.1, -0.05) is 6.92 Å². The van der Waals surface area contributed by atoms with Gasteiger partial charge in [0.25, 0.3) is 0 Å². The Kier molecular flexibility index (Phi) is 4.81. The summed E-state index contributed by atoms with van der Waals surface area (Å²) in [7, 11) is 1.60.